The van der Waals surface area contributed by atoms with E-state index in [2.05, 4.69) is 15.9 Å². The molecular formula is C25H18BrClFNO3S2. The maximum absolute atomic E-state index is 13.9. The van der Waals surface area contributed by atoms with Crippen molar-refractivity contribution in [2.75, 3.05) is 11.5 Å². The molecule has 1 fully saturated rings. The molecule has 4 rings (SSSR count). The van der Waals surface area contributed by atoms with Crippen LogP contribution in [0.2, 0.25) is 5.02 Å². The zero-order valence-electron chi connectivity index (χ0n) is 17.9. The number of benzene rings is 3. The Morgan fingerprint density at radius 3 is 2.65 bits per heavy atom. The standard InChI is InChI=1S/C25H18BrClFNO3S2/c1-2-31-22-11-15(7-10-21(22)32-14-16-5-3-4-6-20(16)28)12-23-24(30)29(25(33)34-23)17-8-9-18(26)19(27)13-17/h3-13H,2,14H2,1H3/b23-12+. The van der Waals surface area contributed by atoms with Gasteiger partial charge in [0.05, 0.1) is 22.2 Å². The Morgan fingerprint density at radius 1 is 1.12 bits per heavy atom. The van der Waals surface area contributed by atoms with Crippen LogP contribution in [0.15, 0.2) is 70.0 Å². The molecular weight excluding hydrogens is 561 g/mol. The van der Waals surface area contributed by atoms with E-state index in [1.165, 1.54) is 22.7 Å². The highest BCUT2D eigenvalue weighted by Gasteiger charge is 2.33. The van der Waals surface area contributed by atoms with Crippen molar-refractivity contribution in [2.45, 2.75) is 13.5 Å². The molecule has 0 aromatic heterocycles. The second-order valence-electron chi connectivity index (χ2n) is 7.13. The average Bonchev–Trinajstić information content (AvgIpc) is 3.09. The number of hydrogen-bond donors (Lipinski definition) is 0. The number of nitrogens with zero attached hydrogens (tertiary/aromatic N) is 1. The third-order valence-corrected chi connectivity index (χ3v) is 7.40. The summed E-state index contributed by atoms with van der Waals surface area (Å²) in [6, 6.07) is 17.0. The topological polar surface area (TPSA) is 38.8 Å². The van der Waals surface area contributed by atoms with E-state index < -0.39 is 0 Å². The van der Waals surface area contributed by atoms with Gasteiger partial charge in [-0.15, -0.1) is 0 Å². The highest BCUT2D eigenvalue weighted by atomic mass is 79.9. The fourth-order valence-electron chi connectivity index (χ4n) is 3.24. The number of carbonyl (C=O) groups excluding carboxylic acids is 1. The van der Waals surface area contributed by atoms with Gasteiger partial charge in [-0.3, -0.25) is 9.69 Å². The molecule has 1 aliphatic heterocycles. The van der Waals surface area contributed by atoms with Crippen LogP contribution in [-0.2, 0) is 11.4 Å². The lowest BCUT2D eigenvalue weighted by atomic mass is 10.1. The first kappa shape index (κ1) is 24.7. The Bertz CT molecular complexity index is 1300. The Labute approximate surface area is 219 Å². The predicted octanol–water partition coefficient (Wildman–Crippen LogP) is 7.63. The van der Waals surface area contributed by atoms with Crippen LogP contribution in [-0.4, -0.2) is 16.8 Å². The molecule has 0 radical (unpaired) electrons. The minimum atomic E-state index is -0.328. The van der Waals surface area contributed by atoms with Gasteiger partial charge in [-0.2, -0.15) is 0 Å². The fraction of sp³-hybridized carbons (Fsp3) is 0.120. The zero-order chi connectivity index (χ0) is 24.2. The largest absolute Gasteiger partial charge is 0.490 e. The van der Waals surface area contributed by atoms with E-state index in [-0.39, 0.29) is 18.3 Å². The molecule has 1 aliphatic rings. The van der Waals surface area contributed by atoms with Gasteiger partial charge in [0.2, 0.25) is 0 Å². The van der Waals surface area contributed by atoms with E-state index in [1.54, 1.807) is 54.6 Å². The first-order chi connectivity index (χ1) is 16.4. The van der Waals surface area contributed by atoms with Gasteiger partial charge < -0.3 is 9.47 Å². The second kappa shape index (κ2) is 10.9. The van der Waals surface area contributed by atoms with Gasteiger partial charge in [0, 0.05) is 10.0 Å². The van der Waals surface area contributed by atoms with Crippen LogP contribution >= 0.6 is 51.5 Å². The van der Waals surface area contributed by atoms with Crippen molar-refractivity contribution in [3.63, 3.8) is 0 Å². The summed E-state index contributed by atoms with van der Waals surface area (Å²) in [5.41, 5.74) is 1.80. The van der Waals surface area contributed by atoms with E-state index in [4.69, 9.17) is 33.3 Å². The number of amides is 1. The molecule has 9 heteroatoms. The molecule has 0 unspecified atom stereocenters. The SMILES string of the molecule is CCOc1cc(/C=C2/SC(=S)N(c3ccc(Br)c(Cl)c3)C2=O)ccc1OCc1ccccc1F. The first-order valence-electron chi connectivity index (χ1n) is 10.2. The van der Waals surface area contributed by atoms with Crippen molar-refractivity contribution in [3.05, 3.63) is 92.0 Å². The van der Waals surface area contributed by atoms with Crippen molar-refractivity contribution < 1.29 is 18.7 Å². The van der Waals surface area contributed by atoms with Crippen molar-refractivity contribution in [3.8, 4) is 11.5 Å². The Balaban J connectivity index is 1.56. The van der Waals surface area contributed by atoms with Gasteiger partial charge in [0.25, 0.3) is 5.91 Å². The van der Waals surface area contributed by atoms with E-state index >= 15 is 0 Å². The molecule has 0 bridgehead atoms. The summed E-state index contributed by atoms with van der Waals surface area (Å²) in [4.78, 5) is 15.0. The Hall–Kier alpha value is -2.39. The smallest absolute Gasteiger partial charge is 0.270 e. The number of thiocarbonyl (C=S) groups is 1. The Morgan fingerprint density at radius 2 is 1.91 bits per heavy atom. The van der Waals surface area contributed by atoms with Gasteiger partial charge >= 0.3 is 0 Å². The van der Waals surface area contributed by atoms with Gasteiger partial charge in [-0.1, -0.05) is 59.8 Å². The summed E-state index contributed by atoms with van der Waals surface area (Å²) in [7, 11) is 0. The molecule has 174 valence electrons. The van der Waals surface area contributed by atoms with Crippen molar-refractivity contribution in [2.24, 2.45) is 0 Å². The van der Waals surface area contributed by atoms with Gasteiger partial charge in [-0.05, 0) is 70.9 Å². The van der Waals surface area contributed by atoms with E-state index in [0.29, 0.717) is 43.6 Å². The zero-order valence-corrected chi connectivity index (χ0v) is 21.9. The maximum atomic E-state index is 13.9. The third-order valence-electron chi connectivity index (χ3n) is 4.86. The molecule has 0 atom stereocenters. The lowest BCUT2D eigenvalue weighted by Gasteiger charge is -2.15. The second-order valence-corrected chi connectivity index (χ2v) is 10.1. The normalized spacial score (nSPS) is 14.7. The van der Waals surface area contributed by atoms with Gasteiger partial charge in [-0.25, -0.2) is 4.39 Å². The Kier molecular flexibility index (Phi) is 7.93. The number of thioether (sulfide) groups is 1. The molecule has 0 aliphatic carbocycles. The molecule has 1 saturated heterocycles. The highest BCUT2D eigenvalue weighted by molar-refractivity contribution is 9.10. The summed E-state index contributed by atoms with van der Waals surface area (Å²) < 4.78 is 26.6. The highest BCUT2D eigenvalue weighted by Crippen LogP contribution is 2.39. The van der Waals surface area contributed by atoms with E-state index in [0.717, 1.165) is 10.0 Å². The molecule has 34 heavy (non-hydrogen) atoms. The summed E-state index contributed by atoms with van der Waals surface area (Å²) >= 11 is 16.2. The van der Waals surface area contributed by atoms with Gasteiger partial charge in [0.15, 0.2) is 15.8 Å². The lowest BCUT2D eigenvalue weighted by Crippen LogP contribution is -2.27. The molecule has 0 saturated carbocycles. The number of hydrogen-bond acceptors (Lipinski definition) is 5. The number of halogens is 3. The van der Waals surface area contributed by atoms with Crippen LogP contribution in [0.4, 0.5) is 10.1 Å². The quantitative estimate of drug-likeness (QED) is 0.213. The van der Waals surface area contributed by atoms with Crippen LogP contribution in [0.1, 0.15) is 18.1 Å². The first-order valence-corrected chi connectivity index (χ1v) is 12.6. The summed E-state index contributed by atoms with van der Waals surface area (Å²) in [5, 5.41) is 0.489. The summed E-state index contributed by atoms with van der Waals surface area (Å²) in [6.45, 7) is 2.36. The molecule has 3 aromatic rings. The van der Waals surface area contributed by atoms with Crippen LogP contribution in [0.5, 0.6) is 11.5 Å². The van der Waals surface area contributed by atoms with Crippen LogP contribution < -0.4 is 14.4 Å². The molecule has 1 amide bonds. The minimum Gasteiger partial charge on any atom is -0.490 e. The van der Waals surface area contributed by atoms with Crippen LogP contribution in [0, 0.1) is 5.82 Å². The molecule has 1 heterocycles. The molecule has 3 aromatic carbocycles. The monoisotopic (exact) mass is 577 g/mol. The number of anilines is 1. The maximum Gasteiger partial charge on any atom is 0.270 e. The molecule has 0 spiro atoms. The fourth-order valence-corrected chi connectivity index (χ4v) is 4.96. The summed E-state index contributed by atoms with van der Waals surface area (Å²) in [6.07, 6.45) is 1.75. The number of rotatable bonds is 7. The van der Waals surface area contributed by atoms with Crippen LogP contribution in [0.3, 0.4) is 0 Å². The van der Waals surface area contributed by atoms with Crippen LogP contribution in [0.25, 0.3) is 6.08 Å². The van der Waals surface area contributed by atoms with E-state index in [9.17, 15) is 9.18 Å². The predicted molar refractivity (Wildman–Crippen MR) is 143 cm³/mol. The van der Waals surface area contributed by atoms with Crippen molar-refractivity contribution in [1.82, 2.24) is 0 Å². The average molecular weight is 579 g/mol. The minimum absolute atomic E-state index is 0.0699. The molecule has 0 N–H and O–H groups in total. The summed E-state index contributed by atoms with van der Waals surface area (Å²) in [5.74, 6) is 0.430. The van der Waals surface area contributed by atoms with Crippen molar-refractivity contribution >= 4 is 73.5 Å². The van der Waals surface area contributed by atoms with E-state index in [1.807, 2.05) is 13.0 Å². The number of ether oxygens (including phenoxy) is 2. The number of carbonyl (C=O) groups is 1. The van der Waals surface area contributed by atoms with Gasteiger partial charge in [0.1, 0.15) is 12.4 Å². The third kappa shape index (κ3) is 5.46. The molecule has 4 nitrogen and oxygen atoms in total. The van der Waals surface area contributed by atoms with Crippen molar-refractivity contribution in [1.29, 1.82) is 0 Å². The lowest BCUT2D eigenvalue weighted by molar-refractivity contribution is -0.113.